The van der Waals surface area contributed by atoms with Gasteiger partial charge in [-0.3, -0.25) is 4.98 Å². The summed E-state index contributed by atoms with van der Waals surface area (Å²) in [6.07, 6.45) is 6.90. The van der Waals surface area contributed by atoms with Crippen LogP contribution in [-0.4, -0.2) is 17.6 Å². The van der Waals surface area contributed by atoms with Crippen molar-refractivity contribution in [1.82, 2.24) is 10.3 Å². The van der Waals surface area contributed by atoms with Gasteiger partial charge in [0.05, 0.1) is 0 Å². The zero-order valence-corrected chi connectivity index (χ0v) is 10.3. The summed E-state index contributed by atoms with van der Waals surface area (Å²) in [5.41, 5.74) is 1.22. The SMILES string of the molecule is Cl.Cl.c1ccc(CCC2CCCN2)nc1. The van der Waals surface area contributed by atoms with E-state index in [-0.39, 0.29) is 24.8 Å². The van der Waals surface area contributed by atoms with Gasteiger partial charge in [0, 0.05) is 17.9 Å². The van der Waals surface area contributed by atoms with E-state index in [1.807, 2.05) is 12.3 Å². The standard InChI is InChI=1S/C11H16N2.2ClH/c1-2-8-12-10(4-1)6-7-11-5-3-9-13-11;;/h1-2,4,8,11,13H,3,5-7,9H2;2*1H. The predicted octanol–water partition coefficient (Wildman–Crippen LogP) is 2.61. The average molecular weight is 249 g/mol. The number of nitrogens with zero attached hydrogens (tertiary/aromatic N) is 1. The molecule has 0 bridgehead atoms. The van der Waals surface area contributed by atoms with E-state index < -0.39 is 0 Å². The Morgan fingerprint density at radius 1 is 1.33 bits per heavy atom. The summed E-state index contributed by atoms with van der Waals surface area (Å²) < 4.78 is 0. The maximum absolute atomic E-state index is 4.31. The van der Waals surface area contributed by atoms with Crippen molar-refractivity contribution in [3.63, 3.8) is 0 Å². The minimum atomic E-state index is 0. The summed E-state index contributed by atoms with van der Waals surface area (Å²) in [7, 11) is 0. The molecule has 0 radical (unpaired) electrons. The van der Waals surface area contributed by atoms with Gasteiger partial charge in [-0.05, 0) is 44.4 Å². The zero-order valence-electron chi connectivity index (χ0n) is 8.69. The Hall–Kier alpha value is -0.310. The normalized spacial score (nSPS) is 19.1. The van der Waals surface area contributed by atoms with Crippen molar-refractivity contribution in [2.24, 2.45) is 0 Å². The summed E-state index contributed by atoms with van der Waals surface area (Å²) >= 11 is 0. The lowest BCUT2D eigenvalue weighted by Gasteiger charge is -2.08. The minimum absolute atomic E-state index is 0. The molecule has 0 amide bonds. The molecule has 86 valence electrons. The van der Waals surface area contributed by atoms with Crippen LogP contribution in [0, 0.1) is 0 Å². The Kier molecular flexibility index (Phi) is 7.75. The van der Waals surface area contributed by atoms with Gasteiger partial charge in [0.15, 0.2) is 0 Å². The molecule has 1 aliphatic heterocycles. The summed E-state index contributed by atoms with van der Waals surface area (Å²) in [5.74, 6) is 0. The zero-order chi connectivity index (χ0) is 8.93. The molecule has 0 spiro atoms. The Balaban J connectivity index is 0.000000980. The average Bonchev–Trinajstić information content (AvgIpc) is 2.69. The molecule has 2 rings (SSSR count). The van der Waals surface area contributed by atoms with Crippen LogP contribution in [0.2, 0.25) is 0 Å². The van der Waals surface area contributed by atoms with Crippen LogP contribution < -0.4 is 5.32 Å². The summed E-state index contributed by atoms with van der Waals surface area (Å²) in [4.78, 5) is 4.31. The van der Waals surface area contributed by atoms with E-state index in [0.717, 1.165) is 12.5 Å². The summed E-state index contributed by atoms with van der Waals surface area (Å²) in [5, 5.41) is 3.50. The van der Waals surface area contributed by atoms with Gasteiger partial charge in [0.2, 0.25) is 0 Å². The number of rotatable bonds is 3. The summed E-state index contributed by atoms with van der Waals surface area (Å²) in [6.45, 7) is 1.20. The molecule has 1 unspecified atom stereocenters. The number of halogens is 2. The maximum Gasteiger partial charge on any atom is 0.0404 e. The number of aryl methyl sites for hydroxylation is 1. The van der Waals surface area contributed by atoms with Crippen LogP contribution in [0.15, 0.2) is 24.4 Å². The van der Waals surface area contributed by atoms with Crippen molar-refractivity contribution >= 4 is 24.8 Å². The van der Waals surface area contributed by atoms with E-state index in [1.54, 1.807) is 0 Å². The number of aromatic nitrogens is 1. The highest BCUT2D eigenvalue weighted by molar-refractivity contribution is 5.85. The highest BCUT2D eigenvalue weighted by Gasteiger charge is 2.13. The molecule has 1 N–H and O–H groups in total. The van der Waals surface area contributed by atoms with Gasteiger partial charge in [-0.1, -0.05) is 6.07 Å². The van der Waals surface area contributed by atoms with Crippen LogP contribution in [0.4, 0.5) is 0 Å². The fourth-order valence-electron chi connectivity index (χ4n) is 1.87. The molecule has 0 aromatic carbocycles. The number of nitrogens with one attached hydrogen (secondary N) is 1. The minimum Gasteiger partial charge on any atom is -0.314 e. The van der Waals surface area contributed by atoms with E-state index in [4.69, 9.17) is 0 Å². The molecule has 0 aliphatic carbocycles. The Morgan fingerprint density at radius 3 is 2.80 bits per heavy atom. The van der Waals surface area contributed by atoms with Crippen LogP contribution in [0.3, 0.4) is 0 Å². The molecular formula is C11H18Cl2N2. The first-order chi connectivity index (χ1) is 6.45. The number of hydrogen-bond acceptors (Lipinski definition) is 2. The largest absolute Gasteiger partial charge is 0.314 e. The van der Waals surface area contributed by atoms with Crippen LogP contribution in [-0.2, 0) is 6.42 Å². The lowest BCUT2D eigenvalue weighted by molar-refractivity contribution is 0.555. The van der Waals surface area contributed by atoms with Crippen molar-refractivity contribution in [3.05, 3.63) is 30.1 Å². The van der Waals surface area contributed by atoms with Gasteiger partial charge < -0.3 is 5.32 Å². The second kappa shape index (κ2) is 7.91. The molecule has 1 aliphatic rings. The topological polar surface area (TPSA) is 24.9 Å². The third-order valence-corrected chi connectivity index (χ3v) is 2.64. The first-order valence-corrected chi connectivity index (χ1v) is 5.08. The monoisotopic (exact) mass is 248 g/mol. The number of hydrogen-bond donors (Lipinski definition) is 1. The van der Waals surface area contributed by atoms with Crippen LogP contribution in [0.25, 0.3) is 0 Å². The maximum atomic E-state index is 4.31. The van der Waals surface area contributed by atoms with Gasteiger partial charge >= 0.3 is 0 Å². The van der Waals surface area contributed by atoms with E-state index in [9.17, 15) is 0 Å². The van der Waals surface area contributed by atoms with Crippen LogP contribution in [0.1, 0.15) is 25.0 Å². The molecule has 1 fully saturated rings. The molecule has 1 atom stereocenters. The van der Waals surface area contributed by atoms with E-state index in [0.29, 0.717) is 0 Å². The van der Waals surface area contributed by atoms with Gasteiger partial charge in [-0.15, -0.1) is 24.8 Å². The van der Waals surface area contributed by atoms with E-state index in [2.05, 4.69) is 22.4 Å². The Morgan fingerprint density at radius 2 is 2.20 bits per heavy atom. The summed E-state index contributed by atoms with van der Waals surface area (Å²) in [6, 6.07) is 6.87. The lowest BCUT2D eigenvalue weighted by Crippen LogP contribution is -2.21. The van der Waals surface area contributed by atoms with Gasteiger partial charge in [0.1, 0.15) is 0 Å². The first-order valence-electron chi connectivity index (χ1n) is 5.08. The Bertz CT molecular complexity index is 248. The van der Waals surface area contributed by atoms with Crippen molar-refractivity contribution in [1.29, 1.82) is 0 Å². The molecule has 1 aromatic heterocycles. The Labute approximate surface area is 104 Å². The molecule has 1 saturated heterocycles. The fourth-order valence-corrected chi connectivity index (χ4v) is 1.87. The van der Waals surface area contributed by atoms with Crippen molar-refractivity contribution < 1.29 is 0 Å². The molecule has 15 heavy (non-hydrogen) atoms. The predicted molar refractivity (Wildman–Crippen MR) is 68.1 cm³/mol. The van der Waals surface area contributed by atoms with E-state index in [1.165, 1.54) is 31.5 Å². The lowest BCUT2D eigenvalue weighted by atomic mass is 10.1. The first kappa shape index (κ1) is 14.7. The fraction of sp³-hybridized carbons (Fsp3) is 0.545. The van der Waals surface area contributed by atoms with Crippen LogP contribution >= 0.6 is 24.8 Å². The number of pyridine rings is 1. The highest BCUT2D eigenvalue weighted by Crippen LogP contribution is 2.11. The second-order valence-corrected chi connectivity index (χ2v) is 3.65. The highest BCUT2D eigenvalue weighted by atomic mass is 35.5. The molecule has 0 saturated carbocycles. The van der Waals surface area contributed by atoms with Gasteiger partial charge in [0.25, 0.3) is 0 Å². The van der Waals surface area contributed by atoms with Gasteiger partial charge in [-0.25, -0.2) is 0 Å². The smallest absolute Gasteiger partial charge is 0.0404 e. The van der Waals surface area contributed by atoms with Crippen molar-refractivity contribution in [2.45, 2.75) is 31.7 Å². The van der Waals surface area contributed by atoms with Gasteiger partial charge in [-0.2, -0.15) is 0 Å². The third-order valence-electron chi connectivity index (χ3n) is 2.64. The van der Waals surface area contributed by atoms with E-state index >= 15 is 0 Å². The quantitative estimate of drug-likeness (QED) is 0.890. The molecule has 4 heteroatoms. The van der Waals surface area contributed by atoms with Crippen LogP contribution in [0.5, 0.6) is 0 Å². The molecule has 2 nitrogen and oxygen atoms in total. The van der Waals surface area contributed by atoms with Crippen molar-refractivity contribution in [2.75, 3.05) is 6.54 Å². The third kappa shape index (κ3) is 4.83. The molecule has 1 aromatic rings. The second-order valence-electron chi connectivity index (χ2n) is 3.65. The molecule has 2 heterocycles. The molecular weight excluding hydrogens is 231 g/mol. The van der Waals surface area contributed by atoms with Crippen molar-refractivity contribution in [3.8, 4) is 0 Å².